The molecule has 3 atom stereocenters. The quantitative estimate of drug-likeness (QED) is 0.820. The normalized spacial score (nSPS) is 22.9. The van der Waals surface area contributed by atoms with Crippen molar-refractivity contribution in [1.29, 1.82) is 0 Å². The molecule has 0 unspecified atom stereocenters. The van der Waals surface area contributed by atoms with E-state index in [1.165, 1.54) is 6.20 Å². The maximum absolute atomic E-state index is 13.2. The van der Waals surface area contributed by atoms with Crippen LogP contribution in [0.2, 0.25) is 0 Å². The Labute approximate surface area is 164 Å². The number of pyridine rings is 1. The lowest BCUT2D eigenvalue weighted by molar-refractivity contribution is 0.0705. The van der Waals surface area contributed by atoms with E-state index >= 15 is 0 Å². The number of aromatic nitrogens is 3. The summed E-state index contributed by atoms with van der Waals surface area (Å²) in [7, 11) is 1.80. The summed E-state index contributed by atoms with van der Waals surface area (Å²) in [5.41, 5.74) is 2.52. The third-order valence-corrected chi connectivity index (χ3v) is 5.77. The minimum Gasteiger partial charge on any atom is -0.347 e. The Hall–Kier alpha value is -3.14. The number of nitrogens with zero attached hydrogens (tertiary/aromatic N) is 4. The largest absolute Gasteiger partial charge is 0.347 e. The number of rotatable bonds is 4. The molecule has 0 aromatic carbocycles. The molecule has 2 aromatic heterocycles. The topological polar surface area (TPSA) is 80.1 Å². The van der Waals surface area contributed by atoms with Crippen molar-refractivity contribution in [2.24, 2.45) is 7.05 Å². The van der Waals surface area contributed by atoms with Crippen LogP contribution >= 0.6 is 0 Å². The second-order valence-corrected chi connectivity index (χ2v) is 7.43. The van der Waals surface area contributed by atoms with Gasteiger partial charge in [-0.15, -0.1) is 6.42 Å². The van der Waals surface area contributed by atoms with Gasteiger partial charge in [-0.05, 0) is 37.8 Å². The minimum atomic E-state index is -0.205. The molecule has 4 rings (SSSR count). The first-order valence-corrected chi connectivity index (χ1v) is 9.60. The van der Waals surface area contributed by atoms with Crippen molar-refractivity contribution in [2.45, 2.75) is 50.7 Å². The Morgan fingerprint density at radius 1 is 1.32 bits per heavy atom. The van der Waals surface area contributed by atoms with Crippen molar-refractivity contribution < 1.29 is 9.59 Å². The molecular formula is C21H23N5O2. The lowest BCUT2D eigenvalue weighted by Gasteiger charge is -2.25. The molecule has 0 saturated carbocycles. The van der Waals surface area contributed by atoms with E-state index < -0.39 is 0 Å². The molecular weight excluding hydrogens is 354 g/mol. The fraction of sp³-hybridized carbons (Fsp3) is 0.429. The second-order valence-electron chi connectivity index (χ2n) is 7.43. The molecule has 0 radical (unpaired) electrons. The summed E-state index contributed by atoms with van der Waals surface area (Å²) < 4.78 is 1.66. The van der Waals surface area contributed by atoms with Crippen LogP contribution in [0.5, 0.6) is 0 Å². The molecule has 7 heteroatoms. The molecule has 4 heterocycles. The Morgan fingerprint density at radius 2 is 2.14 bits per heavy atom. The smallest absolute Gasteiger partial charge is 0.272 e. The van der Waals surface area contributed by atoms with E-state index in [1.807, 2.05) is 17.9 Å². The number of aryl methyl sites for hydroxylation is 2. The van der Waals surface area contributed by atoms with Crippen LogP contribution in [0.1, 0.15) is 58.3 Å². The molecule has 144 valence electrons. The molecule has 7 nitrogen and oxygen atoms in total. The second kappa shape index (κ2) is 7.12. The van der Waals surface area contributed by atoms with Gasteiger partial charge in [-0.25, -0.2) is 0 Å². The summed E-state index contributed by atoms with van der Waals surface area (Å²) in [5, 5.41) is 7.47. The van der Waals surface area contributed by atoms with Gasteiger partial charge in [0.15, 0.2) is 0 Å². The third-order valence-electron chi connectivity index (χ3n) is 5.77. The molecule has 28 heavy (non-hydrogen) atoms. The summed E-state index contributed by atoms with van der Waals surface area (Å²) in [4.78, 5) is 31.8. The fourth-order valence-corrected chi connectivity index (χ4v) is 4.39. The van der Waals surface area contributed by atoms with Gasteiger partial charge in [0.05, 0.1) is 23.3 Å². The zero-order valence-electron chi connectivity index (χ0n) is 16.1. The summed E-state index contributed by atoms with van der Waals surface area (Å²) in [6.07, 6.45) is 11.9. The molecule has 2 amide bonds. The molecule has 2 aromatic rings. The van der Waals surface area contributed by atoms with Crippen molar-refractivity contribution >= 4 is 11.8 Å². The van der Waals surface area contributed by atoms with Crippen molar-refractivity contribution in [3.05, 3.63) is 47.0 Å². The number of hydrogen-bond acceptors (Lipinski definition) is 4. The molecule has 2 bridgehead atoms. The van der Waals surface area contributed by atoms with Crippen LogP contribution in [0.15, 0.2) is 24.5 Å². The first-order valence-electron chi connectivity index (χ1n) is 9.60. The fourth-order valence-electron chi connectivity index (χ4n) is 4.39. The highest BCUT2D eigenvalue weighted by Gasteiger charge is 2.49. The summed E-state index contributed by atoms with van der Waals surface area (Å²) >= 11 is 0. The highest BCUT2D eigenvalue weighted by Crippen LogP contribution is 2.39. The lowest BCUT2D eigenvalue weighted by atomic mass is 9.95. The van der Waals surface area contributed by atoms with Gasteiger partial charge >= 0.3 is 0 Å². The van der Waals surface area contributed by atoms with E-state index in [9.17, 15) is 9.59 Å². The van der Waals surface area contributed by atoms with Gasteiger partial charge in [0.25, 0.3) is 11.8 Å². The Bertz CT molecular complexity index is 973. The van der Waals surface area contributed by atoms with E-state index in [2.05, 4.69) is 21.3 Å². The first kappa shape index (κ1) is 18.2. The molecule has 2 fully saturated rings. The summed E-state index contributed by atoms with van der Waals surface area (Å²) in [5.74, 6) is 2.28. The van der Waals surface area contributed by atoms with Crippen LogP contribution in [-0.2, 0) is 13.5 Å². The molecule has 0 spiro atoms. The monoisotopic (exact) mass is 377 g/mol. The van der Waals surface area contributed by atoms with Crippen LogP contribution in [0.3, 0.4) is 0 Å². The standard InChI is InChI=1S/C21H23N5O2/c1-4-13-8-14(12-22-11-13)20(27)23-17-10-16-6-7-18(17)26(16)21(28)19-9-15(5-2)24-25(19)3/h1,8-9,11-12,16-18H,5-7,10H2,2-3H3,(H,23,27)/t16-,17+,18+/m1/s1. The van der Waals surface area contributed by atoms with Crippen molar-refractivity contribution in [3.63, 3.8) is 0 Å². The molecule has 2 aliphatic rings. The van der Waals surface area contributed by atoms with Gasteiger partial charge in [0.1, 0.15) is 5.69 Å². The first-order chi connectivity index (χ1) is 13.5. The van der Waals surface area contributed by atoms with Crippen LogP contribution in [0.25, 0.3) is 0 Å². The zero-order valence-corrected chi connectivity index (χ0v) is 16.1. The Kier molecular flexibility index (Phi) is 4.63. The lowest BCUT2D eigenvalue weighted by Crippen LogP contribution is -2.45. The van der Waals surface area contributed by atoms with Crippen molar-refractivity contribution in [2.75, 3.05) is 0 Å². The van der Waals surface area contributed by atoms with Crippen LogP contribution in [0, 0.1) is 12.3 Å². The summed E-state index contributed by atoms with van der Waals surface area (Å²) in [6, 6.07) is 3.61. The van der Waals surface area contributed by atoms with Crippen LogP contribution in [-0.4, -0.2) is 49.6 Å². The van der Waals surface area contributed by atoms with Gasteiger partial charge in [0.2, 0.25) is 0 Å². The van der Waals surface area contributed by atoms with Crippen LogP contribution < -0.4 is 5.32 Å². The third kappa shape index (κ3) is 3.05. The number of nitrogens with one attached hydrogen (secondary N) is 1. The summed E-state index contributed by atoms with van der Waals surface area (Å²) in [6.45, 7) is 2.02. The number of fused-ring (bicyclic) bond motifs is 2. The number of carbonyl (C=O) groups excluding carboxylic acids is 2. The van der Waals surface area contributed by atoms with E-state index in [1.54, 1.807) is 24.0 Å². The molecule has 0 aliphatic carbocycles. The van der Waals surface area contributed by atoms with Gasteiger partial charge in [0, 0.05) is 31.0 Å². The number of hydrogen-bond donors (Lipinski definition) is 1. The average Bonchev–Trinajstić information content (AvgIpc) is 3.39. The van der Waals surface area contributed by atoms with Gasteiger partial charge in [-0.3, -0.25) is 19.3 Å². The average molecular weight is 377 g/mol. The predicted octanol–water partition coefficient (Wildman–Crippen LogP) is 1.53. The SMILES string of the molecule is C#Cc1cncc(C(=O)N[C@H]2C[C@H]3CC[C@@H]2N3C(=O)c2cc(CC)nn2C)c1. The van der Waals surface area contributed by atoms with Gasteiger partial charge < -0.3 is 10.2 Å². The Balaban J connectivity index is 1.50. The van der Waals surface area contributed by atoms with E-state index in [4.69, 9.17) is 6.42 Å². The maximum atomic E-state index is 13.2. The molecule has 2 aliphatic heterocycles. The molecule has 1 N–H and O–H groups in total. The predicted molar refractivity (Wildman–Crippen MR) is 104 cm³/mol. The van der Waals surface area contributed by atoms with Gasteiger partial charge in [-0.2, -0.15) is 5.10 Å². The van der Waals surface area contributed by atoms with E-state index in [-0.39, 0.29) is 29.9 Å². The molecule has 2 saturated heterocycles. The number of terminal acetylenes is 1. The van der Waals surface area contributed by atoms with E-state index in [0.717, 1.165) is 31.4 Å². The number of carbonyl (C=O) groups is 2. The minimum absolute atomic E-state index is 0.00468. The number of amides is 2. The highest BCUT2D eigenvalue weighted by atomic mass is 16.2. The van der Waals surface area contributed by atoms with Crippen molar-refractivity contribution in [1.82, 2.24) is 25.0 Å². The highest BCUT2D eigenvalue weighted by molar-refractivity contribution is 5.95. The van der Waals surface area contributed by atoms with Gasteiger partial charge in [-0.1, -0.05) is 12.8 Å². The van der Waals surface area contributed by atoms with Crippen LogP contribution in [0.4, 0.5) is 0 Å². The zero-order chi connectivity index (χ0) is 19.8. The maximum Gasteiger partial charge on any atom is 0.272 e. The van der Waals surface area contributed by atoms with E-state index in [0.29, 0.717) is 16.8 Å². The van der Waals surface area contributed by atoms with Crippen molar-refractivity contribution in [3.8, 4) is 12.3 Å². The Morgan fingerprint density at radius 3 is 2.86 bits per heavy atom.